The summed E-state index contributed by atoms with van der Waals surface area (Å²) < 4.78 is 0. The van der Waals surface area contributed by atoms with Crippen molar-refractivity contribution < 1.29 is 14.7 Å². The lowest BCUT2D eigenvalue weighted by Gasteiger charge is -2.26. The van der Waals surface area contributed by atoms with Gasteiger partial charge in [0.05, 0.1) is 0 Å². The smallest absolute Gasteiger partial charge is 0.245 e. The molecule has 5 heteroatoms. The molecule has 0 radical (unpaired) electrons. The zero-order valence-corrected chi connectivity index (χ0v) is 11.8. The molecule has 0 aromatic heterocycles. The highest BCUT2D eigenvalue weighted by atomic mass is 16.3. The summed E-state index contributed by atoms with van der Waals surface area (Å²) in [5.74, 6) is 0.142. The van der Waals surface area contributed by atoms with Crippen LogP contribution in [-0.4, -0.2) is 34.4 Å². The molecule has 108 valence electrons. The predicted molar refractivity (Wildman–Crippen MR) is 74.9 cm³/mol. The molecule has 1 aromatic rings. The van der Waals surface area contributed by atoms with E-state index >= 15 is 0 Å². The van der Waals surface area contributed by atoms with Gasteiger partial charge in [-0.25, -0.2) is 0 Å². The molecule has 1 atom stereocenters. The number of aromatic hydroxyl groups is 1. The van der Waals surface area contributed by atoms with Crippen molar-refractivity contribution >= 4 is 11.8 Å². The second-order valence-corrected chi connectivity index (χ2v) is 5.47. The molecule has 1 unspecified atom stereocenters. The van der Waals surface area contributed by atoms with Gasteiger partial charge in [0.15, 0.2) is 0 Å². The summed E-state index contributed by atoms with van der Waals surface area (Å²) in [6.07, 6.45) is 0.326. The molecule has 0 bridgehead atoms. The SMILES string of the molecule is CC(C)C1NC(=O)CCN(Cc2ccc(O)cc2)C1=O. The normalized spacial score (nSPS) is 19.9. The minimum Gasteiger partial charge on any atom is -0.508 e. The van der Waals surface area contributed by atoms with E-state index in [1.807, 2.05) is 13.8 Å². The third-order valence-corrected chi connectivity index (χ3v) is 3.48. The van der Waals surface area contributed by atoms with Gasteiger partial charge in [0.2, 0.25) is 11.8 Å². The number of phenols is 1. The Bertz CT molecular complexity index is 496. The largest absolute Gasteiger partial charge is 0.508 e. The maximum atomic E-state index is 12.5. The maximum absolute atomic E-state index is 12.5. The summed E-state index contributed by atoms with van der Waals surface area (Å²) in [7, 11) is 0. The fraction of sp³-hybridized carbons (Fsp3) is 0.467. The summed E-state index contributed by atoms with van der Waals surface area (Å²) in [4.78, 5) is 25.8. The molecule has 2 amide bonds. The zero-order valence-electron chi connectivity index (χ0n) is 11.8. The Kier molecular flexibility index (Phi) is 4.27. The Morgan fingerprint density at radius 3 is 2.55 bits per heavy atom. The zero-order chi connectivity index (χ0) is 14.7. The molecule has 2 rings (SSSR count). The van der Waals surface area contributed by atoms with Crippen molar-refractivity contribution in [2.24, 2.45) is 5.92 Å². The van der Waals surface area contributed by atoms with Crippen LogP contribution in [0.5, 0.6) is 5.75 Å². The monoisotopic (exact) mass is 276 g/mol. The summed E-state index contributed by atoms with van der Waals surface area (Å²) in [6, 6.07) is 6.31. The van der Waals surface area contributed by atoms with E-state index in [-0.39, 0.29) is 23.5 Å². The quantitative estimate of drug-likeness (QED) is 0.873. The van der Waals surface area contributed by atoms with Gasteiger partial charge in [0.25, 0.3) is 0 Å². The van der Waals surface area contributed by atoms with Crippen molar-refractivity contribution in [3.8, 4) is 5.75 Å². The molecule has 1 saturated heterocycles. The highest BCUT2D eigenvalue weighted by Crippen LogP contribution is 2.16. The van der Waals surface area contributed by atoms with Crippen LogP contribution >= 0.6 is 0 Å². The fourth-order valence-corrected chi connectivity index (χ4v) is 2.28. The van der Waals surface area contributed by atoms with E-state index in [1.54, 1.807) is 29.2 Å². The van der Waals surface area contributed by atoms with E-state index in [4.69, 9.17) is 0 Å². The molecule has 20 heavy (non-hydrogen) atoms. The molecule has 0 saturated carbocycles. The molecule has 0 aliphatic carbocycles. The first kappa shape index (κ1) is 14.4. The molecule has 1 heterocycles. The molecule has 1 aromatic carbocycles. The second kappa shape index (κ2) is 5.94. The second-order valence-electron chi connectivity index (χ2n) is 5.47. The average molecular weight is 276 g/mol. The number of nitrogens with one attached hydrogen (secondary N) is 1. The van der Waals surface area contributed by atoms with E-state index in [9.17, 15) is 14.7 Å². The summed E-state index contributed by atoms with van der Waals surface area (Å²) in [5.41, 5.74) is 0.938. The lowest BCUT2D eigenvalue weighted by Crippen LogP contribution is -2.47. The topological polar surface area (TPSA) is 69.6 Å². The van der Waals surface area contributed by atoms with Crippen molar-refractivity contribution in [2.45, 2.75) is 32.9 Å². The van der Waals surface area contributed by atoms with Crippen molar-refractivity contribution in [3.63, 3.8) is 0 Å². The van der Waals surface area contributed by atoms with Gasteiger partial charge in [-0.2, -0.15) is 0 Å². The molecular weight excluding hydrogens is 256 g/mol. The molecule has 1 aliphatic rings. The van der Waals surface area contributed by atoms with Crippen LogP contribution in [0.2, 0.25) is 0 Å². The summed E-state index contributed by atoms with van der Waals surface area (Å²) >= 11 is 0. The van der Waals surface area contributed by atoms with Crippen molar-refractivity contribution in [1.82, 2.24) is 10.2 Å². The van der Waals surface area contributed by atoms with Crippen LogP contribution in [0.3, 0.4) is 0 Å². The van der Waals surface area contributed by atoms with E-state index in [0.717, 1.165) is 5.56 Å². The summed E-state index contributed by atoms with van der Waals surface area (Å²) in [6.45, 7) is 4.73. The standard InChI is InChI=1S/C15H20N2O3/c1-10(2)14-15(20)17(8-7-13(19)16-14)9-11-3-5-12(18)6-4-11/h3-6,10,14,18H,7-9H2,1-2H3,(H,16,19). The van der Waals surface area contributed by atoms with Crippen molar-refractivity contribution in [1.29, 1.82) is 0 Å². The number of carbonyl (C=O) groups is 2. The average Bonchev–Trinajstić information content (AvgIpc) is 2.54. The van der Waals surface area contributed by atoms with Crippen LogP contribution < -0.4 is 5.32 Å². The first-order valence-electron chi connectivity index (χ1n) is 6.83. The number of phenolic OH excluding ortho intramolecular Hbond substituents is 1. The number of benzene rings is 1. The highest BCUT2D eigenvalue weighted by Gasteiger charge is 2.31. The van der Waals surface area contributed by atoms with E-state index < -0.39 is 6.04 Å². The Morgan fingerprint density at radius 1 is 1.30 bits per heavy atom. The Labute approximate surface area is 118 Å². The number of nitrogens with zero attached hydrogens (tertiary/aromatic N) is 1. The third-order valence-electron chi connectivity index (χ3n) is 3.48. The van der Waals surface area contributed by atoms with Crippen LogP contribution in [0, 0.1) is 5.92 Å². The van der Waals surface area contributed by atoms with Crippen molar-refractivity contribution in [2.75, 3.05) is 6.54 Å². The minimum absolute atomic E-state index is 0.0427. The van der Waals surface area contributed by atoms with Crippen molar-refractivity contribution in [3.05, 3.63) is 29.8 Å². The van der Waals surface area contributed by atoms with Crippen LogP contribution in [0.4, 0.5) is 0 Å². The molecule has 1 fully saturated rings. The van der Waals surface area contributed by atoms with Crippen LogP contribution in [0.1, 0.15) is 25.8 Å². The molecule has 1 aliphatic heterocycles. The first-order valence-corrected chi connectivity index (χ1v) is 6.83. The Balaban J connectivity index is 2.14. The molecule has 5 nitrogen and oxygen atoms in total. The lowest BCUT2D eigenvalue weighted by molar-refractivity contribution is -0.135. The van der Waals surface area contributed by atoms with Gasteiger partial charge in [0, 0.05) is 19.5 Å². The minimum atomic E-state index is -0.456. The highest BCUT2D eigenvalue weighted by molar-refractivity contribution is 5.90. The van der Waals surface area contributed by atoms with E-state index in [1.165, 1.54) is 0 Å². The number of rotatable bonds is 3. The van der Waals surface area contributed by atoms with Crippen LogP contribution in [-0.2, 0) is 16.1 Å². The maximum Gasteiger partial charge on any atom is 0.245 e. The number of hydrogen-bond donors (Lipinski definition) is 2. The van der Waals surface area contributed by atoms with E-state index in [0.29, 0.717) is 19.5 Å². The van der Waals surface area contributed by atoms with Gasteiger partial charge < -0.3 is 15.3 Å². The van der Waals surface area contributed by atoms with Crippen LogP contribution in [0.15, 0.2) is 24.3 Å². The van der Waals surface area contributed by atoms with Gasteiger partial charge in [-0.05, 0) is 23.6 Å². The number of amides is 2. The van der Waals surface area contributed by atoms with Gasteiger partial charge in [0.1, 0.15) is 11.8 Å². The first-order chi connectivity index (χ1) is 9.47. The van der Waals surface area contributed by atoms with Gasteiger partial charge in [-0.3, -0.25) is 9.59 Å². The Hall–Kier alpha value is -2.04. The number of hydrogen-bond acceptors (Lipinski definition) is 3. The molecule has 2 N–H and O–H groups in total. The van der Waals surface area contributed by atoms with Gasteiger partial charge in [-0.15, -0.1) is 0 Å². The predicted octanol–water partition coefficient (Wildman–Crippen LogP) is 1.27. The third kappa shape index (κ3) is 3.29. The molecular formula is C15H20N2O3. The summed E-state index contributed by atoms with van der Waals surface area (Å²) in [5, 5.41) is 12.1. The van der Waals surface area contributed by atoms with Crippen LogP contribution in [0.25, 0.3) is 0 Å². The number of carbonyl (C=O) groups excluding carboxylic acids is 2. The van der Waals surface area contributed by atoms with Gasteiger partial charge >= 0.3 is 0 Å². The lowest BCUT2D eigenvalue weighted by atomic mass is 10.0. The van der Waals surface area contributed by atoms with E-state index in [2.05, 4.69) is 5.32 Å². The van der Waals surface area contributed by atoms with Gasteiger partial charge in [-0.1, -0.05) is 26.0 Å². The molecule has 0 spiro atoms. The fourth-order valence-electron chi connectivity index (χ4n) is 2.28. The Morgan fingerprint density at radius 2 is 1.95 bits per heavy atom.